The SMILES string of the molecule is CCN(CC(C)C#N)C(=O)CN1CCC(CO)C1. The van der Waals surface area contributed by atoms with Gasteiger partial charge < -0.3 is 10.0 Å². The number of likely N-dealkylation sites (N-methyl/N-ethyl adjacent to an activating group) is 1. The number of nitriles is 1. The molecule has 2 unspecified atom stereocenters. The van der Waals surface area contributed by atoms with E-state index in [-0.39, 0.29) is 18.4 Å². The highest BCUT2D eigenvalue weighted by Crippen LogP contribution is 2.15. The maximum Gasteiger partial charge on any atom is 0.236 e. The molecule has 0 aromatic carbocycles. The van der Waals surface area contributed by atoms with Crippen molar-refractivity contribution < 1.29 is 9.90 Å². The van der Waals surface area contributed by atoms with Gasteiger partial charge >= 0.3 is 0 Å². The number of hydrogen-bond donors (Lipinski definition) is 1. The molecule has 2 atom stereocenters. The first-order valence-corrected chi connectivity index (χ1v) is 6.61. The summed E-state index contributed by atoms with van der Waals surface area (Å²) in [6, 6.07) is 2.15. The van der Waals surface area contributed by atoms with Crippen LogP contribution in [-0.4, -0.2) is 60.1 Å². The van der Waals surface area contributed by atoms with Crippen LogP contribution in [0.4, 0.5) is 0 Å². The van der Waals surface area contributed by atoms with Gasteiger partial charge in [0.1, 0.15) is 0 Å². The summed E-state index contributed by atoms with van der Waals surface area (Å²) in [5.41, 5.74) is 0. The molecule has 1 aliphatic rings. The quantitative estimate of drug-likeness (QED) is 0.739. The van der Waals surface area contributed by atoms with E-state index in [2.05, 4.69) is 11.0 Å². The standard InChI is InChI=1S/C13H23N3O2/c1-3-16(7-11(2)6-14)13(18)9-15-5-4-12(8-15)10-17/h11-12,17H,3-5,7-10H2,1-2H3. The van der Waals surface area contributed by atoms with Crippen molar-refractivity contribution in [3.8, 4) is 6.07 Å². The molecule has 5 nitrogen and oxygen atoms in total. The lowest BCUT2D eigenvalue weighted by Gasteiger charge is -2.25. The van der Waals surface area contributed by atoms with E-state index in [1.807, 2.05) is 13.8 Å². The summed E-state index contributed by atoms with van der Waals surface area (Å²) in [4.78, 5) is 15.9. The fraction of sp³-hybridized carbons (Fsp3) is 0.846. The monoisotopic (exact) mass is 253 g/mol. The van der Waals surface area contributed by atoms with Crippen molar-refractivity contribution in [3.05, 3.63) is 0 Å². The van der Waals surface area contributed by atoms with Gasteiger partial charge in [0.15, 0.2) is 0 Å². The Morgan fingerprint density at radius 3 is 2.89 bits per heavy atom. The molecule has 5 heteroatoms. The Balaban J connectivity index is 2.41. The molecule has 0 saturated carbocycles. The predicted octanol–water partition coefficient (Wildman–Crippen LogP) is 0.309. The maximum absolute atomic E-state index is 12.1. The normalized spacial score (nSPS) is 21.6. The van der Waals surface area contributed by atoms with Crippen LogP contribution in [0.2, 0.25) is 0 Å². The van der Waals surface area contributed by atoms with Crippen molar-refractivity contribution in [3.63, 3.8) is 0 Å². The van der Waals surface area contributed by atoms with Crippen LogP contribution in [0.5, 0.6) is 0 Å². The van der Waals surface area contributed by atoms with Crippen LogP contribution in [0, 0.1) is 23.2 Å². The van der Waals surface area contributed by atoms with Crippen LogP contribution in [0.3, 0.4) is 0 Å². The van der Waals surface area contributed by atoms with E-state index in [0.29, 0.717) is 25.6 Å². The molecule has 0 radical (unpaired) electrons. The van der Waals surface area contributed by atoms with Crippen LogP contribution in [0.15, 0.2) is 0 Å². The van der Waals surface area contributed by atoms with Crippen molar-refractivity contribution in [2.45, 2.75) is 20.3 Å². The van der Waals surface area contributed by atoms with Gasteiger partial charge in [-0.25, -0.2) is 0 Å². The van der Waals surface area contributed by atoms with E-state index in [9.17, 15) is 4.79 Å². The molecular weight excluding hydrogens is 230 g/mol. The molecule has 1 aliphatic heterocycles. The Kier molecular flexibility index (Phi) is 6.10. The van der Waals surface area contributed by atoms with Crippen LogP contribution in [-0.2, 0) is 4.79 Å². The number of carbonyl (C=O) groups is 1. The van der Waals surface area contributed by atoms with E-state index >= 15 is 0 Å². The molecule has 1 heterocycles. The number of likely N-dealkylation sites (tertiary alicyclic amines) is 1. The van der Waals surface area contributed by atoms with Crippen molar-refractivity contribution >= 4 is 5.91 Å². The number of nitrogens with zero attached hydrogens (tertiary/aromatic N) is 3. The zero-order valence-corrected chi connectivity index (χ0v) is 11.3. The molecule has 1 N–H and O–H groups in total. The third kappa shape index (κ3) is 4.28. The van der Waals surface area contributed by atoms with Gasteiger partial charge in [-0.2, -0.15) is 5.26 Å². The van der Waals surface area contributed by atoms with E-state index < -0.39 is 0 Å². The third-order valence-corrected chi connectivity index (χ3v) is 3.44. The smallest absolute Gasteiger partial charge is 0.236 e. The molecule has 0 aromatic heterocycles. The average Bonchev–Trinajstić information content (AvgIpc) is 2.82. The van der Waals surface area contributed by atoms with E-state index in [1.165, 1.54) is 0 Å². The number of hydrogen-bond acceptors (Lipinski definition) is 4. The molecule has 0 aliphatic carbocycles. The lowest BCUT2D eigenvalue weighted by Crippen LogP contribution is -2.41. The number of aliphatic hydroxyl groups is 1. The number of amides is 1. The minimum absolute atomic E-state index is 0.0817. The lowest BCUT2D eigenvalue weighted by molar-refractivity contribution is -0.132. The molecule has 0 bridgehead atoms. The maximum atomic E-state index is 12.1. The Bertz CT molecular complexity index is 314. The first-order valence-electron chi connectivity index (χ1n) is 6.61. The van der Waals surface area contributed by atoms with Gasteiger partial charge in [0.25, 0.3) is 0 Å². The Morgan fingerprint density at radius 1 is 1.67 bits per heavy atom. The molecule has 1 fully saturated rings. The number of aliphatic hydroxyl groups excluding tert-OH is 1. The average molecular weight is 253 g/mol. The second kappa shape index (κ2) is 7.34. The minimum atomic E-state index is -0.127. The van der Waals surface area contributed by atoms with Crippen LogP contribution >= 0.6 is 0 Å². The molecule has 102 valence electrons. The van der Waals surface area contributed by atoms with Gasteiger partial charge in [0.05, 0.1) is 18.5 Å². The molecular formula is C13H23N3O2. The van der Waals surface area contributed by atoms with Gasteiger partial charge in [0.2, 0.25) is 5.91 Å². The molecule has 1 saturated heterocycles. The lowest BCUT2D eigenvalue weighted by atomic mass is 10.1. The van der Waals surface area contributed by atoms with Crippen LogP contribution in [0.25, 0.3) is 0 Å². The van der Waals surface area contributed by atoms with Gasteiger partial charge in [-0.3, -0.25) is 9.69 Å². The third-order valence-electron chi connectivity index (χ3n) is 3.44. The van der Waals surface area contributed by atoms with Gasteiger partial charge in [0, 0.05) is 26.2 Å². The zero-order valence-electron chi connectivity index (χ0n) is 11.3. The van der Waals surface area contributed by atoms with Crippen molar-refractivity contribution in [1.82, 2.24) is 9.80 Å². The minimum Gasteiger partial charge on any atom is -0.396 e. The molecule has 1 amide bonds. The first kappa shape index (κ1) is 14.9. The fourth-order valence-corrected chi connectivity index (χ4v) is 2.28. The molecule has 1 rings (SSSR count). The second-order valence-electron chi connectivity index (χ2n) is 5.03. The fourth-order valence-electron chi connectivity index (χ4n) is 2.28. The summed E-state index contributed by atoms with van der Waals surface area (Å²) in [6.45, 7) is 7.19. The number of rotatable bonds is 6. The number of carbonyl (C=O) groups excluding carboxylic acids is 1. The Morgan fingerprint density at radius 2 is 2.39 bits per heavy atom. The van der Waals surface area contributed by atoms with Crippen molar-refractivity contribution in [2.24, 2.45) is 11.8 Å². The highest BCUT2D eigenvalue weighted by molar-refractivity contribution is 5.78. The Labute approximate surface area is 109 Å². The second-order valence-corrected chi connectivity index (χ2v) is 5.03. The van der Waals surface area contributed by atoms with Gasteiger partial charge in [-0.05, 0) is 32.7 Å². The summed E-state index contributed by atoms with van der Waals surface area (Å²) in [6.07, 6.45) is 0.963. The van der Waals surface area contributed by atoms with Crippen LogP contribution in [0.1, 0.15) is 20.3 Å². The Hall–Kier alpha value is -1.12. The molecule has 0 aromatic rings. The zero-order chi connectivity index (χ0) is 13.5. The first-order chi connectivity index (χ1) is 8.60. The summed E-state index contributed by atoms with van der Waals surface area (Å²) >= 11 is 0. The van der Waals surface area contributed by atoms with E-state index in [4.69, 9.17) is 10.4 Å². The van der Waals surface area contributed by atoms with E-state index in [1.54, 1.807) is 4.90 Å². The molecule has 18 heavy (non-hydrogen) atoms. The van der Waals surface area contributed by atoms with Crippen molar-refractivity contribution in [1.29, 1.82) is 5.26 Å². The van der Waals surface area contributed by atoms with Crippen molar-refractivity contribution in [2.75, 3.05) is 39.3 Å². The highest BCUT2D eigenvalue weighted by atomic mass is 16.3. The largest absolute Gasteiger partial charge is 0.396 e. The summed E-state index contributed by atoms with van der Waals surface area (Å²) in [7, 11) is 0. The summed E-state index contributed by atoms with van der Waals surface area (Å²) in [5.74, 6) is 0.266. The molecule has 0 spiro atoms. The van der Waals surface area contributed by atoms with Gasteiger partial charge in [-0.1, -0.05) is 0 Å². The van der Waals surface area contributed by atoms with E-state index in [0.717, 1.165) is 19.5 Å². The predicted molar refractivity (Wildman–Crippen MR) is 68.7 cm³/mol. The van der Waals surface area contributed by atoms with Gasteiger partial charge in [-0.15, -0.1) is 0 Å². The highest BCUT2D eigenvalue weighted by Gasteiger charge is 2.25. The van der Waals surface area contributed by atoms with Crippen LogP contribution < -0.4 is 0 Å². The topological polar surface area (TPSA) is 67.6 Å². The summed E-state index contributed by atoms with van der Waals surface area (Å²) in [5, 5.41) is 17.9. The summed E-state index contributed by atoms with van der Waals surface area (Å²) < 4.78 is 0.